The summed E-state index contributed by atoms with van der Waals surface area (Å²) < 4.78 is 50.0. The number of amides is 9. The van der Waals surface area contributed by atoms with Gasteiger partial charge in [-0.05, 0) is 77.0 Å². The molecule has 0 aliphatic carbocycles. The Kier molecular flexibility index (Phi) is 242. The van der Waals surface area contributed by atoms with Crippen molar-refractivity contribution in [3.05, 3.63) is 45.9 Å². The van der Waals surface area contributed by atoms with Crippen LogP contribution in [0.3, 0.4) is 0 Å². The molecule has 0 aliphatic rings. The Morgan fingerprint density at radius 1 is 0.276 bits per heavy atom. The van der Waals surface area contributed by atoms with Crippen molar-refractivity contribution in [3.63, 3.8) is 0 Å². The summed E-state index contributed by atoms with van der Waals surface area (Å²) in [5, 5.41) is 15.8. The van der Waals surface area contributed by atoms with Gasteiger partial charge in [0.15, 0.2) is 5.78 Å². The van der Waals surface area contributed by atoms with Crippen LogP contribution in [0.4, 0.5) is 17.9 Å². The summed E-state index contributed by atoms with van der Waals surface area (Å²) in [5.74, 6) is -7.30. The van der Waals surface area contributed by atoms with Crippen LogP contribution in [-0.2, 0) is 273 Å². The molecule has 123 heavy (non-hydrogen) atoms. The molecule has 661 valence electrons. The zero-order valence-corrected chi connectivity index (χ0v) is 137. The van der Waals surface area contributed by atoms with Gasteiger partial charge in [-0.3, -0.25) is 47.9 Å². The zero-order chi connectivity index (χ0) is 78.0. The second-order valence-electron chi connectivity index (χ2n) is 25.3. The third kappa shape index (κ3) is 131. The number of carbonyl (C=O) groups is 12. The number of unbranched alkanes of at least 4 members (excludes halogenated alkanes) is 9. The fourth-order valence-corrected chi connectivity index (χ4v) is 10.1. The molecule has 33 nitrogen and oxygen atoms in total. The number of rotatable bonds is 67. The van der Waals surface area contributed by atoms with E-state index in [4.69, 9.17) is 63.1 Å². The van der Waals surface area contributed by atoms with E-state index >= 15 is 0 Å². The Morgan fingerprint density at radius 3 is 0.732 bits per heavy atom. The van der Waals surface area contributed by atoms with Crippen LogP contribution in [0, 0.1) is 17.8 Å². The van der Waals surface area contributed by atoms with Gasteiger partial charge in [0.05, 0.1) is 6.04 Å². The Labute approximate surface area is 1420 Å². The van der Waals surface area contributed by atoms with Gasteiger partial charge < -0.3 is 120 Å². The first-order chi connectivity index (χ1) is 49.2. The molecule has 0 aromatic carbocycles. The van der Waals surface area contributed by atoms with E-state index in [9.17, 15) is 75.5 Å². The summed E-state index contributed by atoms with van der Waals surface area (Å²) in [6.07, 6.45) is 12.6. The first kappa shape index (κ1) is 200. The molecule has 0 heterocycles. The van der Waals surface area contributed by atoms with E-state index in [-0.39, 0.29) is 994 Å². The minimum absolute atomic E-state index is 0. The van der Waals surface area contributed by atoms with Crippen molar-refractivity contribution in [2.45, 2.75) is 248 Å². The van der Waals surface area contributed by atoms with Crippen LogP contribution in [0.1, 0.15) is 229 Å². The van der Waals surface area contributed by atoms with Gasteiger partial charge in [-0.15, -0.1) is 29.0 Å². The summed E-state index contributed by atoms with van der Waals surface area (Å²) >= 11 is 0. The smallest absolute Gasteiger partial charge is 1.00 e. The van der Waals surface area contributed by atoms with Crippen molar-refractivity contribution in [1.29, 1.82) is 0 Å². The Hall–Kier alpha value is 20.3. The monoisotopic (exact) mass is 3050 g/mol. The van der Waals surface area contributed by atoms with E-state index in [0.717, 1.165) is 0 Å². The Balaban J connectivity index is -0.0000000301. The van der Waals surface area contributed by atoms with E-state index in [0.29, 0.717) is 180 Å². The van der Waals surface area contributed by atoms with Crippen molar-refractivity contribution in [2.24, 2.45) is 35.0 Å². The molecule has 0 fully saturated rings. The first-order valence-electron chi connectivity index (χ1n) is 36.2. The van der Waals surface area contributed by atoms with Crippen molar-refractivity contribution in [1.82, 2.24) is 54.1 Å². The molecule has 0 aromatic rings. The van der Waals surface area contributed by atoms with Crippen LogP contribution in [0.25, 0.3) is 45.9 Å². The van der Waals surface area contributed by atoms with Gasteiger partial charge in [-0.25, -0.2) is 0 Å². The number of hydrogen-bond acceptors (Lipinski definition) is 16. The predicted octanol–water partition coefficient (Wildman–Crippen LogP) is -24.8. The van der Waals surface area contributed by atoms with Gasteiger partial charge >= 0.3 is 565 Å². The number of primary amides is 3. The number of carbonyl (C=O) groups excluding carboxylic acids is 12. The van der Waals surface area contributed by atoms with Crippen LogP contribution in [-0.4, -0.2) is 237 Å². The average Bonchev–Trinajstić information content (AvgIpc) is 0.908. The topological polar surface area (TPSA) is 594 Å². The number of ketones is 3. The molecular formula is C66H136F4K12N21O12W4Y4-8. The quantitative estimate of drug-likeness (QED) is 0.0116. The maximum absolute atomic E-state index is 13.2. The van der Waals surface area contributed by atoms with Crippen molar-refractivity contribution in [3.8, 4) is 0 Å². The van der Waals surface area contributed by atoms with E-state index in [1.165, 1.54) is 22.2 Å². The molecule has 24 N–H and O–H groups in total. The predicted molar refractivity (Wildman–Crippen MR) is 407 cm³/mol. The molecule has 0 bridgehead atoms. The van der Waals surface area contributed by atoms with E-state index in [1.807, 2.05) is 0 Å². The van der Waals surface area contributed by atoms with Crippen molar-refractivity contribution >= 4 is 122 Å². The van der Waals surface area contributed by atoms with Crippen LogP contribution in [0.2, 0.25) is 0 Å². The molecule has 9 amide bonds. The van der Waals surface area contributed by atoms with Crippen molar-refractivity contribution in [2.75, 3.05) is 78.5 Å². The number of Topliss-reactive ketones (excluding diaryl/α,β-unsaturated/α-hetero) is 3. The van der Waals surface area contributed by atoms with Crippen molar-refractivity contribution < 1.29 is 873 Å². The maximum Gasteiger partial charge on any atom is 1.00 e. The average molecular weight is 3050 g/mol. The standard InChI is InChI=1S/C22H41F4N7O4.2C22H41N7O4.12K.4W.4Y.H2.11H/c23-30-12-5-2-8-17(32-25)19(34)15-16(21(36)29-14-10-20(27)35)7-1-4-11-28-22(37)18(33-26)9-3-6-13-31-24;2*23-11-4-1-8-17(25)19(30)15-16(21(32)29-14-10-20(27)31)7-3-6-13-28-22(33)18(26)9-2-5-12-24;;;;;;;;;;;;;;;;;;;;;;;;;;;;;;;;/h16-18,30-33H,1-15H2,(H2,27,35)(H,28,37)(H,29,36);2*16-18,23-26H,1-15H2,(H2,27,31)(H,28,33)(H,29,32);;;;;;;;;;;;;;;;;;;;;1H;;;;;;;;;;;/q;2*-4;;11*+1;;;;;;;;;;11*-1/t3*16-,17+,18+;;;;;;;;;;;;;;;;;;;;;;;;;;;;;;;;/m111................................/s1. The number of nitrogens with two attached hydrogens (primary N) is 3. The molecule has 0 aromatic heterocycles. The fraction of sp³-hybridized carbons (Fsp3) is 0.818. The van der Waals surface area contributed by atoms with Gasteiger partial charge in [-0.2, -0.15) is 37.3 Å². The molecule has 57 heteroatoms. The van der Waals surface area contributed by atoms with Gasteiger partial charge in [0.25, 0.3) is 0 Å². The summed E-state index contributed by atoms with van der Waals surface area (Å²) in [6.45, 7) is 2.40. The number of halogens is 4. The van der Waals surface area contributed by atoms with Crippen LogP contribution in [0.15, 0.2) is 0 Å². The van der Waals surface area contributed by atoms with Crippen LogP contribution >= 0.6 is 0 Å². The molecular weight excluding hydrogens is 2920 g/mol. The third-order valence-corrected chi connectivity index (χ3v) is 16.4. The molecule has 9 atom stereocenters. The number of hydrogen-bond donors (Lipinski definition) is 13. The molecule has 0 rings (SSSR count). The molecule has 0 spiro atoms. The SMILES string of the molecule is NC(=O)CCNC(=O)[C@H](CCCCNC(=O)[C@H](CCCCNF)NF)CC(=O)[C@H](CCCCNF)NF.[H-].[H-].[H-].[H-].[H-].[H-].[H-].[H-].[H-].[H-].[H-].[HH].[K+].[K+].[K+].[K+].[K+].[K+].[K+].[K+].[K+].[K+].[K+].[K].[NH-]CCCC[C@H]([NH-])C(=O)C[C@@H](CCCCNC(=O)[C@@H]([NH-])CCCC[NH-])C(=O)NCCC(N)=O.[NH-]CCCC[C@H]([NH-])C(=O)C[C@@H](CCCCNC(=O)[C@@H]([NH-])CCCC[NH-])C(=O)NCCC(N)=O.[W].[W].[W].[W].[Y].[Y].[Y].[Y]. The fourth-order valence-electron chi connectivity index (χ4n) is 10.1. The molecule has 0 saturated heterocycles. The summed E-state index contributed by atoms with van der Waals surface area (Å²) in [6, 6.07) is -5.72. The Bertz CT molecular complexity index is 2400. The van der Waals surface area contributed by atoms with Crippen LogP contribution < -0.4 is 636 Å². The summed E-state index contributed by atoms with van der Waals surface area (Å²) in [5.41, 5.74) is 81.1. The molecule has 0 unspecified atom stereocenters. The van der Waals surface area contributed by atoms with Gasteiger partial charge in [0, 0.05) is 377 Å². The van der Waals surface area contributed by atoms with E-state index in [2.05, 4.69) is 31.9 Å². The molecule has 0 aliphatic heterocycles. The third-order valence-electron chi connectivity index (χ3n) is 16.4. The molecule has 0 saturated carbocycles. The van der Waals surface area contributed by atoms with Gasteiger partial charge in [0.1, 0.15) is 17.6 Å². The largest absolute Gasteiger partial charge is 1.00 e. The summed E-state index contributed by atoms with van der Waals surface area (Å²) in [4.78, 5) is 144. The number of nitrogens with one attached hydrogen (secondary N) is 18. The zero-order valence-electron chi connectivity index (χ0n) is 87.1. The van der Waals surface area contributed by atoms with Crippen LogP contribution in [0.5, 0.6) is 0 Å². The minimum Gasteiger partial charge on any atom is -1.00 e. The second-order valence-corrected chi connectivity index (χ2v) is 25.3. The van der Waals surface area contributed by atoms with E-state index in [1.54, 1.807) is 0 Å². The first-order valence-corrected chi connectivity index (χ1v) is 36.2. The minimum atomic E-state index is -1.13. The molecule has 5 radical (unpaired) electrons. The van der Waals surface area contributed by atoms with Gasteiger partial charge in [0.2, 0.25) is 53.2 Å². The summed E-state index contributed by atoms with van der Waals surface area (Å²) in [7, 11) is 0. The normalized spacial score (nSPS) is 11.4. The van der Waals surface area contributed by atoms with Gasteiger partial charge in [-0.1, -0.05) is 120 Å². The maximum atomic E-state index is 13.2. The second kappa shape index (κ2) is 149. The van der Waals surface area contributed by atoms with E-state index < -0.39 is 89.3 Å². The Morgan fingerprint density at radius 2 is 0.488 bits per heavy atom.